The van der Waals surface area contributed by atoms with Crippen LogP contribution in [0.2, 0.25) is 0 Å². The highest BCUT2D eigenvalue weighted by Crippen LogP contribution is 2.51. The third-order valence-electron chi connectivity index (χ3n) is 13.7. The molecule has 1 fully saturated rings. The van der Waals surface area contributed by atoms with Crippen molar-refractivity contribution >= 4 is 64.0 Å². The fourth-order valence-corrected chi connectivity index (χ4v) is 12.0. The number of nitrogens with zero attached hydrogens (tertiary/aromatic N) is 8. The van der Waals surface area contributed by atoms with E-state index in [9.17, 15) is 5.26 Å². The van der Waals surface area contributed by atoms with Crippen LogP contribution in [0.15, 0.2) is 145 Å². The maximum absolute atomic E-state index is 9.62. The van der Waals surface area contributed by atoms with Gasteiger partial charge in [0.15, 0.2) is 17.7 Å². The molecule has 0 saturated carbocycles. The van der Waals surface area contributed by atoms with Crippen LogP contribution < -0.4 is 9.47 Å². The molecule has 4 atom stereocenters. The number of nitriles is 1. The highest BCUT2D eigenvalue weighted by Gasteiger charge is 2.46. The van der Waals surface area contributed by atoms with Gasteiger partial charge in [0.2, 0.25) is 0 Å². The summed E-state index contributed by atoms with van der Waals surface area (Å²) in [7, 11) is 5.41. The molecule has 1 aliphatic rings. The van der Waals surface area contributed by atoms with Crippen molar-refractivity contribution in [1.29, 1.82) is 5.26 Å². The molecule has 9 aromatic rings. The second-order valence-electron chi connectivity index (χ2n) is 19.5. The Morgan fingerprint density at radius 1 is 0.763 bits per heavy atom. The molecule has 15 heteroatoms. The van der Waals surface area contributed by atoms with Crippen LogP contribution in [0.25, 0.3) is 43.4 Å². The Morgan fingerprint density at radius 3 is 2.03 bits per heavy atom. The van der Waals surface area contributed by atoms with Crippen LogP contribution in [0, 0.1) is 23.2 Å². The minimum absolute atomic E-state index is 0.0549. The van der Waals surface area contributed by atoms with Crippen molar-refractivity contribution in [1.82, 2.24) is 29.3 Å². The number of benzene rings is 7. The average Bonchev–Trinajstić information content (AvgIpc) is 4.03. The van der Waals surface area contributed by atoms with E-state index in [2.05, 4.69) is 122 Å². The number of ether oxygens (including phenoxy) is 4. The van der Waals surface area contributed by atoms with Gasteiger partial charge >= 0.3 is 0 Å². The van der Waals surface area contributed by atoms with Crippen molar-refractivity contribution in [2.45, 2.75) is 76.7 Å². The molecular weight excluding hydrogens is 972 g/mol. The van der Waals surface area contributed by atoms with Gasteiger partial charge in [0, 0.05) is 38.2 Å². The summed E-state index contributed by atoms with van der Waals surface area (Å²) in [4.78, 5) is 16.2. The van der Waals surface area contributed by atoms with Gasteiger partial charge in [-0.25, -0.2) is 24.3 Å². The summed E-state index contributed by atoms with van der Waals surface area (Å²) in [5, 5.41) is 22.4. The van der Waals surface area contributed by atoms with E-state index in [1.165, 1.54) is 27.9 Å². The van der Waals surface area contributed by atoms with Gasteiger partial charge in [-0.1, -0.05) is 109 Å². The van der Waals surface area contributed by atoms with Crippen molar-refractivity contribution in [3.05, 3.63) is 168 Å². The summed E-state index contributed by atoms with van der Waals surface area (Å²) in [6.07, 6.45) is 1.74. The van der Waals surface area contributed by atoms with Crippen LogP contribution in [0.4, 0.5) is 5.82 Å². The quantitative estimate of drug-likeness (QED) is 0.0145. The third kappa shape index (κ3) is 10.3. The summed E-state index contributed by atoms with van der Waals surface area (Å²) in [5.74, 6) is 8.82. The minimum atomic E-state index is -1.71. The zero-order valence-electron chi connectivity index (χ0n) is 44.0. The second kappa shape index (κ2) is 22.8. The normalized spacial score (nSPS) is 16.4. The molecule has 0 N–H and O–H groups in total. The van der Waals surface area contributed by atoms with Gasteiger partial charge in [0.1, 0.15) is 35.2 Å². The van der Waals surface area contributed by atoms with E-state index < -0.39 is 32.6 Å². The smallest absolute Gasteiger partial charge is 0.259 e. The summed E-state index contributed by atoms with van der Waals surface area (Å²) in [6, 6.07) is 47.7. The van der Waals surface area contributed by atoms with E-state index >= 15 is 0 Å². The molecule has 3 heterocycles. The lowest BCUT2D eigenvalue weighted by Crippen LogP contribution is -2.39. The molecule has 1 aliphatic heterocycles. The Morgan fingerprint density at radius 2 is 1.39 bits per heavy atom. The summed E-state index contributed by atoms with van der Waals surface area (Å²) >= 11 is 0. The van der Waals surface area contributed by atoms with Crippen molar-refractivity contribution in [2.24, 2.45) is 4.99 Å². The van der Waals surface area contributed by atoms with Gasteiger partial charge in [-0.05, 0) is 113 Å². The Balaban J connectivity index is 1.10. The monoisotopic (exact) mass is 1030 g/mol. The van der Waals surface area contributed by atoms with Gasteiger partial charge in [-0.3, -0.25) is 0 Å². The molecule has 0 aliphatic carbocycles. The molecule has 76 heavy (non-hydrogen) atoms. The van der Waals surface area contributed by atoms with Gasteiger partial charge in [-0.2, -0.15) is 10.4 Å². The molecule has 1 unspecified atom stereocenters. The van der Waals surface area contributed by atoms with Gasteiger partial charge < -0.3 is 32.9 Å². The van der Waals surface area contributed by atoms with E-state index in [0.717, 1.165) is 33.0 Å². The Bertz CT molecular complexity index is 3520. The zero-order chi connectivity index (χ0) is 52.9. The van der Waals surface area contributed by atoms with E-state index in [1.807, 2.05) is 85.7 Å². The van der Waals surface area contributed by atoms with E-state index in [0.29, 0.717) is 40.5 Å². The lowest BCUT2D eigenvalue weighted by molar-refractivity contribution is -0.0931. The maximum atomic E-state index is 9.62. The van der Waals surface area contributed by atoms with Crippen LogP contribution in [-0.4, -0.2) is 101 Å². The molecule has 0 spiro atoms. The van der Waals surface area contributed by atoms with Gasteiger partial charge in [-0.15, -0.1) is 0 Å². The van der Waals surface area contributed by atoms with Crippen molar-refractivity contribution in [3.8, 4) is 29.4 Å². The van der Waals surface area contributed by atoms with Gasteiger partial charge in [0.05, 0.1) is 57.8 Å². The fraction of sp³-hybridized carbons (Fsp3) is 0.295. The number of fused-ring (bicyclic) bond motifs is 1. The number of rotatable bonds is 19. The molecule has 10 rings (SSSR count). The Kier molecular flexibility index (Phi) is 15.6. The number of aromatic nitrogens is 4. The van der Waals surface area contributed by atoms with Crippen LogP contribution in [0.5, 0.6) is 11.5 Å². The first-order valence-electron chi connectivity index (χ1n) is 25.5. The maximum Gasteiger partial charge on any atom is 0.259 e. The lowest BCUT2D eigenvalue weighted by Gasteiger charge is -2.39. The largest absolute Gasteiger partial charge is 0.497 e. The molecule has 0 bridgehead atoms. The molecule has 386 valence electrons. The van der Waals surface area contributed by atoms with Crippen LogP contribution in [-0.2, 0) is 24.1 Å². The third-order valence-corrected chi connectivity index (χ3v) is 15.9. The molecule has 2 aromatic heterocycles. The minimum Gasteiger partial charge on any atom is -0.497 e. The highest BCUT2D eigenvalue weighted by atomic mass is 31.2. The number of methoxy groups -OCH3 is 2. The summed E-state index contributed by atoms with van der Waals surface area (Å²) in [5.41, 5.74) is 3.31. The standard InChI is InChI=1S/C61H61N8O6P/c1-40(2)69(41(3)4)76(73-35-13-34-62)75-53-36-55(74-54(53)37-72-61(46-16-10-9-11-17-46,47-24-28-49(70-7)29-25-47)48-26-30-50(71-8)31-27-48)68-60-58(59(63-38-64-60)65-39-67(5)6)52(66-68)33-23-42-18-19-45-21-20-43-14-12-15-44-22-32-51(42)57(45)56(43)44/h9-12,14-22,24-32,38-41,53-55H,13,35-37H2,1-8H3/b65-39-/t53-,54+,55+,76?/m0/s1. The first-order valence-corrected chi connectivity index (χ1v) is 26.7. The Hall–Kier alpha value is -7.52. The topological polar surface area (TPSA) is 142 Å². The molecular formula is C61H61N8O6P. The first-order chi connectivity index (χ1) is 37.0. The zero-order valence-corrected chi connectivity index (χ0v) is 44.9. The van der Waals surface area contributed by atoms with Crippen LogP contribution >= 0.6 is 8.53 Å². The summed E-state index contributed by atoms with van der Waals surface area (Å²) < 4.78 is 43.8. The van der Waals surface area contributed by atoms with E-state index in [1.54, 1.807) is 25.2 Å². The summed E-state index contributed by atoms with van der Waals surface area (Å²) in [6.45, 7) is 8.75. The second-order valence-corrected chi connectivity index (χ2v) is 20.9. The molecule has 0 radical (unpaired) electrons. The van der Waals surface area contributed by atoms with Gasteiger partial charge in [0.25, 0.3) is 8.53 Å². The Labute approximate surface area is 445 Å². The van der Waals surface area contributed by atoms with Crippen LogP contribution in [0.3, 0.4) is 0 Å². The van der Waals surface area contributed by atoms with E-state index in [-0.39, 0.29) is 31.7 Å². The predicted molar refractivity (Wildman–Crippen MR) is 300 cm³/mol. The van der Waals surface area contributed by atoms with E-state index in [4.69, 9.17) is 43.1 Å². The van der Waals surface area contributed by atoms with Crippen LogP contribution in [0.1, 0.15) is 74.7 Å². The molecule has 7 aromatic carbocycles. The number of hydrogen-bond acceptors (Lipinski definition) is 12. The van der Waals surface area contributed by atoms with Crippen molar-refractivity contribution in [3.63, 3.8) is 0 Å². The number of hydrogen-bond donors (Lipinski definition) is 0. The lowest BCUT2D eigenvalue weighted by atomic mass is 9.80. The molecule has 14 nitrogen and oxygen atoms in total. The predicted octanol–water partition coefficient (Wildman–Crippen LogP) is 12.3. The first kappa shape index (κ1) is 51.9. The average molecular weight is 1030 g/mol. The molecule has 0 amide bonds. The number of aliphatic imine (C=N–C) groups is 1. The molecule has 1 saturated heterocycles. The fourth-order valence-electron chi connectivity index (χ4n) is 10.3. The SMILES string of the molecule is COc1ccc(C(OC[C@H]2O[C@@H](n3nc(C#Cc4ccc5ccc6cccc7ccc4c5c67)c4c(/N=C\N(C)C)ncnc43)C[C@@H]2OP(OCCC#N)N(C(C)C)C(C)C)(c2ccccc2)c2ccc(OC)cc2)cc1. The highest BCUT2D eigenvalue weighted by molar-refractivity contribution is 7.44. The van der Waals surface area contributed by atoms with Crippen molar-refractivity contribution < 1.29 is 28.0 Å². The van der Waals surface area contributed by atoms with Crippen molar-refractivity contribution in [2.75, 3.05) is 41.5 Å².